The highest BCUT2D eigenvalue weighted by atomic mass is 32.1. The summed E-state index contributed by atoms with van der Waals surface area (Å²) >= 11 is 1.46. The molecule has 2 aromatic heterocycles. The Morgan fingerprint density at radius 1 is 1.12 bits per heavy atom. The van der Waals surface area contributed by atoms with Gasteiger partial charge in [-0.2, -0.15) is 0 Å². The van der Waals surface area contributed by atoms with Gasteiger partial charge < -0.3 is 15.5 Å². The summed E-state index contributed by atoms with van der Waals surface area (Å²) < 4.78 is 6.40. The highest BCUT2D eigenvalue weighted by molar-refractivity contribution is 7.17. The van der Waals surface area contributed by atoms with Gasteiger partial charge in [-0.15, -0.1) is 11.3 Å². The first-order chi connectivity index (χ1) is 12.7. The molecule has 0 spiro atoms. The number of rotatable bonds is 5. The number of methoxy groups -OCH3 is 1. The standard InChI is InChI=1S/C21H20N2O2S/c1-25-17-9-8-16-19(15-10-12-26-20(15)21(24)23-16)18(17)14-6-4-13(5-7-14)3-2-11-22/h4-10,12H,2-3,11,22H2,1H3,(H,23,24). The lowest BCUT2D eigenvalue weighted by molar-refractivity contribution is 0.417. The number of hydrogen-bond acceptors (Lipinski definition) is 4. The van der Waals surface area contributed by atoms with Crippen LogP contribution in [0.1, 0.15) is 12.0 Å². The Kier molecular flexibility index (Phi) is 4.49. The molecule has 0 radical (unpaired) electrons. The maximum atomic E-state index is 12.3. The molecule has 0 aliphatic heterocycles. The van der Waals surface area contributed by atoms with Crippen molar-refractivity contribution in [3.63, 3.8) is 0 Å². The summed E-state index contributed by atoms with van der Waals surface area (Å²) in [6, 6.07) is 14.3. The number of nitrogens with one attached hydrogen (secondary N) is 1. The summed E-state index contributed by atoms with van der Waals surface area (Å²) in [4.78, 5) is 15.3. The number of aryl methyl sites for hydroxylation is 1. The van der Waals surface area contributed by atoms with Crippen LogP contribution in [-0.4, -0.2) is 18.6 Å². The van der Waals surface area contributed by atoms with E-state index in [4.69, 9.17) is 10.5 Å². The van der Waals surface area contributed by atoms with E-state index < -0.39 is 0 Å². The molecule has 0 unspecified atom stereocenters. The fraction of sp³-hybridized carbons (Fsp3) is 0.190. The zero-order valence-corrected chi connectivity index (χ0v) is 15.4. The van der Waals surface area contributed by atoms with Crippen LogP contribution in [0.4, 0.5) is 0 Å². The van der Waals surface area contributed by atoms with E-state index in [1.807, 2.05) is 23.6 Å². The van der Waals surface area contributed by atoms with E-state index in [-0.39, 0.29) is 5.56 Å². The maximum Gasteiger partial charge on any atom is 0.266 e. The lowest BCUT2D eigenvalue weighted by Gasteiger charge is -2.14. The maximum absolute atomic E-state index is 12.3. The molecule has 0 atom stereocenters. The van der Waals surface area contributed by atoms with Gasteiger partial charge in [0.15, 0.2) is 0 Å². The van der Waals surface area contributed by atoms with Crippen LogP contribution < -0.4 is 16.0 Å². The van der Waals surface area contributed by atoms with Crippen molar-refractivity contribution in [1.82, 2.24) is 4.98 Å². The van der Waals surface area contributed by atoms with E-state index in [0.717, 1.165) is 50.7 Å². The molecule has 2 heterocycles. The Morgan fingerprint density at radius 3 is 2.65 bits per heavy atom. The SMILES string of the molecule is COc1ccc2[nH]c(=O)c3sccc3c2c1-c1ccc(CCCN)cc1. The molecule has 4 nitrogen and oxygen atoms in total. The molecule has 0 aliphatic carbocycles. The smallest absolute Gasteiger partial charge is 0.266 e. The quantitative estimate of drug-likeness (QED) is 0.554. The van der Waals surface area contributed by atoms with Crippen LogP contribution in [0, 0.1) is 0 Å². The topological polar surface area (TPSA) is 68.1 Å². The zero-order valence-electron chi connectivity index (χ0n) is 14.5. The van der Waals surface area contributed by atoms with E-state index in [0.29, 0.717) is 6.54 Å². The molecule has 4 aromatic rings. The van der Waals surface area contributed by atoms with Crippen LogP contribution in [0.2, 0.25) is 0 Å². The first-order valence-electron chi connectivity index (χ1n) is 8.62. The highest BCUT2D eigenvalue weighted by Gasteiger charge is 2.16. The van der Waals surface area contributed by atoms with Crippen LogP contribution in [0.15, 0.2) is 52.6 Å². The van der Waals surface area contributed by atoms with Crippen molar-refractivity contribution in [3.8, 4) is 16.9 Å². The molecule has 0 fully saturated rings. The minimum Gasteiger partial charge on any atom is -0.496 e. The number of H-pyrrole nitrogens is 1. The Hall–Kier alpha value is -2.63. The highest BCUT2D eigenvalue weighted by Crippen LogP contribution is 2.40. The monoisotopic (exact) mass is 364 g/mol. The minimum absolute atomic E-state index is 0.0456. The van der Waals surface area contributed by atoms with Crippen molar-refractivity contribution < 1.29 is 4.74 Å². The Bertz CT molecular complexity index is 1130. The van der Waals surface area contributed by atoms with Crippen LogP contribution in [0.5, 0.6) is 5.75 Å². The minimum atomic E-state index is -0.0456. The lowest BCUT2D eigenvalue weighted by Crippen LogP contribution is -2.05. The number of fused-ring (bicyclic) bond motifs is 3. The zero-order chi connectivity index (χ0) is 18.1. The largest absolute Gasteiger partial charge is 0.496 e. The number of aromatic nitrogens is 1. The number of thiophene rings is 1. The molecule has 132 valence electrons. The van der Waals surface area contributed by atoms with Gasteiger partial charge in [0.2, 0.25) is 0 Å². The van der Waals surface area contributed by atoms with Crippen molar-refractivity contribution >= 4 is 32.3 Å². The van der Waals surface area contributed by atoms with Crippen molar-refractivity contribution in [3.05, 3.63) is 63.8 Å². The van der Waals surface area contributed by atoms with E-state index in [9.17, 15) is 4.79 Å². The molecule has 2 aromatic carbocycles. The number of pyridine rings is 1. The molecule has 26 heavy (non-hydrogen) atoms. The van der Waals surface area contributed by atoms with E-state index in [1.165, 1.54) is 16.9 Å². The average molecular weight is 364 g/mol. The third-order valence-electron chi connectivity index (χ3n) is 4.69. The van der Waals surface area contributed by atoms with Crippen LogP contribution in [0.3, 0.4) is 0 Å². The second kappa shape index (κ2) is 6.94. The number of benzene rings is 2. The Balaban J connectivity index is 1.98. The third-order valence-corrected chi connectivity index (χ3v) is 5.60. The molecule has 0 amide bonds. The number of hydrogen-bond donors (Lipinski definition) is 2. The second-order valence-electron chi connectivity index (χ2n) is 6.27. The van der Waals surface area contributed by atoms with Gasteiger partial charge in [-0.05, 0) is 54.1 Å². The first kappa shape index (κ1) is 16.8. The molecule has 0 bridgehead atoms. The fourth-order valence-corrected chi connectivity index (χ4v) is 4.22. The molecular weight excluding hydrogens is 344 g/mol. The average Bonchev–Trinajstić information content (AvgIpc) is 3.17. The second-order valence-corrected chi connectivity index (χ2v) is 7.19. The van der Waals surface area contributed by atoms with Gasteiger partial charge in [-0.3, -0.25) is 4.79 Å². The predicted octanol–water partition coefficient (Wildman–Crippen LogP) is 4.31. The summed E-state index contributed by atoms with van der Waals surface area (Å²) in [6.07, 6.45) is 1.96. The number of nitrogens with two attached hydrogens (primary N) is 1. The molecular formula is C21H20N2O2S. The summed E-state index contributed by atoms with van der Waals surface area (Å²) in [7, 11) is 1.68. The Labute approximate surface area is 155 Å². The summed E-state index contributed by atoms with van der Waals surface area (Å²) in [5.74, 6) is 0.798. The molecule has 4 rings (SSSR count). The van der Waals surface area contributed by atoms with Crippen molar-refractivity contribution in [2.45, 2.75) is 12.8 Å². The van der Waals surface area contributed by atoms with E-state index in [2.05, 4.69) is 29.2 Å². The van der Waals surface area contributed by atoms with Crippen LogP contribution in [0.25, 0.3) is 32.1 Å². The molecule has 0 aliphatic rings. The van der Waals surface area contributed by atoms with Gasteiger partial charge in [0, 0.05) is 21.9 Å². The molecule has 0 saturated carbocycles. The van der Waals surface area contributed by atoms with Crippen molar-refractivity contribution in [2.24, 2.45) is 5.73 Å². The van der Waals surface area contributed by atoms with Crippen LogP contribution in [-0.2, 0) is 6.42 Å². The summed E-state index contributed by atoms with van der Waals surface area (Å²) in [6.45, 7) is 0.697. The normalized spacial score (nSPS) is 11.3. The first-order valence-corrected chi connectivity index (χ1v) is 9.50. The van der Waals surface area contributed by atoms with Gasteiger partial charge in [-0.25, -0.2) is 0 Å². The van der Waals surface area contributed by atoms with Gasteiger partial charge in [0.05, 0.1) is 7.11 Å². The summed E-state index contributed by atoms with van der Waals surface area (Å²) in [5.41, 5.74) is 9.74. The van der Waals surface area contributed by atoms with E-state index in [1.54, 1.807) is 7.11 Å². The van der Waals surface area contributed by atoms with Gasteiger partial charge in [-0.1, -0.05) is 24.3 Å². The molecule has 3 N–H and O–H groups in total. The van der Waals surface area contributed by atoms with Gasteiger partial charge in [0.25, 0.3) is 5.56 Å². The molecule has 0 saturated heterocycles. The van der Waals surface area contributed by atoms with Crippen molar-refractivity contribution in [1.29, 1.82) is 0 Å². The Morgan fingerprint density at radius 2 is 1.92 bits per heavy atom. The molecule has 5 heteroatoms. The number of ether oxygens (including phenoxy) is 1. The predicted molar refractivity (Wildman–Crippen MR) is 109 cm³/mol. The van der Waals surface area contributed by atoms with Gasteiger partial charge in [0.1, 0.15) is 10.4 Å². The van der Waals surface area contributed by atoms with Crippen molar-refractivity contribution in [2.75, 3.05) is 13.7 Å². The van der Waals surface area contributed by atoms with Crippen LogP contribution >= 0.6 is 11.3 Å². The fourth-order valence-electron chi connectivity index (χ4n) is 3.43. The number of aromatic amines is 1. The van der Waals surface area contributed by atoms with E-state index >= 15 is 0 Å². The lowest BCUT2D eigenvalue weighted by atomic mass is 9.96. The third kappa shape index (κ3) is 2.79. The summed E-state index contributed by atoms with van der Waals surface area (Å²) in [5, 5.41) is 3.95. The van der Waals surface area contributed by atoms with Gasteiger partial charge >= 0.3 is 0 Å².